The first-order valence-electron chi connectivity index (χ1n) is 34.6. The number of ether oxygens (including phenoxy) is 6. The minimum atomic E-state index is -0.597. The lowest BCUT2D eigenvalue weighted by atomic mass is 10.1. The standard InChI is InChI=1S/2C29H27FN4O3.C26H25FN6O3/c1-36-16-17-37-26-14-11-23(12-15-26)33-29-31-20-27(30)28(34-29)32-24-9-5-8-22(18-24)19-25(35)13-10-21-6-3-2-4-7-21;1-36-17-18-37-26-15-12-24(13-16-26)33-29-31-20-27(30)28(34-29)32-23-10-7-22(8-11-23)19-25(35)14-9-21-5-3-2-4-6-21;1-35-14-15-36-22-9-6-20(7-10-22)32-26-30-17-23(27)25(33-26)31-19-4-2-18(3-5-19)16-21(34)8-11-24-28-12-13-29-24/h2-15,18,20H,16-17,19H2,1H3,(H2,31,32,33,34);2-16,20H,17-19H2,1H3,(H2,31,32,33,34);2-13,17H,14-16H2,1H3,(H,28,29)(H2,30,31,32,33)/b13-10+;14-9+;11-8+. The third kappa shape index (κ3) is 27.0. The maximum atomic E-state index is 14.5. The average molecular weight is 1490 g/mol. The molecule has 7 N–H and O–H groups in total. The first kappa shape index (κ1) is 78.9. The topological polar surface area (TPSA) is 285 Å². The number of nitrogens with one attached hydrogen (secondary N) is 7. The number of aromatic nitrogens is 8. The van der Waals surface area contributed by atoms with Crippen molar-refractivity contribution in [2.75, 3.05) is 92.9 Å². The van der Waals surface area contributed by atoms with E-state index < -0.39 is 17.5 Å². The van der Waals surface area contributed by atoms with Crippen LogP contribution in [0.4, 0.5) is 82.6 Å². The van der Waals surface area contributed by atoms with Crippen LogP contribution in [0.5, 0.6) is 17.2 Å². The predicted octanol–water partition coefficient (Wildman–Crippen LogP) is 16.6. The van der Waals surface area contributed by atoms with Gasteiger partial charge in [0.15, 0.2) is 52.3 Å². The van der Waals surface area contributed by atoms with Crippen molar-refractivity contribution in [1.82, 2.24) is 39.9 Å². The Bertz CT molecular complexity index is 4960. The number of carbonyl (C=O) groups excluding carboxylic acids is 3. The highest BCUT2D eigenvalue weighted by molar-refractivity contribution is 5.96. The highest BCUT2D eigenvalue weighted by Gasteiger charge is 2.14. The van der Waals surface area contributed by atoms with E-state index in [2.05, 4.69) is 71.8 Å². The van der Waals surface area contributed by atoms with Gasteiger partial charge in [0, 0.05) is 87.1 Å². The molecule has 23 nitrogen and oxygen atoms in total. The number of H-pyrrole nitrogens is 1. The van der Waals surface area contributed by atoms with Crippen molar-refractivity contribution in [3.8, 4) is 17.2 Å². The molecule has 12 aromatic rings. The number of anilines is 12. The van der Waals surface area contributed by atoms with Gasteiger partial charge < -0.3 is 65.3 Å². The van der Waals surface area contributed by atoms with Gasteiger partial charge in [-0.1, -0.05) is 109 Å². The van der Waals surface area contributed by atoms with Gasteiger partial charge in [-0.05, 0) is 161 Å². The van der Waals surface area contributed by atoms with Crippen molar-refractivity contribution in [3.05, 3.63) is 307 Å². The van der Waals surface area contributed by atoms with E-state index in [9.17, 15) is 27.6 Å². The first-order valence-corrected chi connectivity index (χ1v) is 34.6. The molecule has 0 aliphatic carbocycles. The van der Waals surface area contributed by atoms with Gasteiger partial charge in [-0.3, -0.25) is 14.4 Å². The van der Waals surface area contributed by atoms with Gasteiger partial charge in [-0.25, -0.2) is 33.1 Å². The van der Waals surface area contributed by atoms with E-state index in [0.29, 0.717) is 79.8 Å². The third-order valence-corrected chi connectivity index (χ3v) is 15.5. The summed E-state index contributed by atoms with van der Waals surface area (Å²) in [6, 6.07) is 62.6. The largest absolute Gasteiger partial charge is 0.491 e. The number of methoxy groups -OCH3 is 3. The second-order valence-corrected chi connectivity index (χ2v) is 23.8. The van der Waals surface area contributed by atoms with E-state index in [1.807, 2.05) is 140 Å². The molecule has 0 radical (unpaired) electrons. The van der Waals surface area contributed by atoms with Crippen LogP contribution in [0, 0.1) is 17.5 Å². The average Bonchev–Trinajstić information content (AvgIpc) is 0.913. The minimum Gasteiger partial charge on any atom is -0.491 e. The van der Waals surface area contributed by atoms with Gasteiger partial charge in [-0.2, -0.15) is 15.0 Å². The van der Waals surface area contributed by atoms with Crippen molar-refractivity contribution < 1.29 is 56.0 Å². The lowest BCUT2D eigenvalue weighted by molar-refractivity contribution is -0.114. The normalized spacial score (nSPS) is 10.9. The zero-order valence-electron chi connectivity index (χ0n) is 60.3. The summed E-state index contributed by atoms with van der Waals surface area (Å²) >= 11 is 0. The molecular formula is C84H79F3N14O9. The Labute approximate surface area is 633 Å². The molecule has 0 amide bonds. The summed E-state index contributed by atoms with van der Waals surface area (Å²) in [6.45, 7) is 2.89. The van der Waals surface area contributed by atoms with Crippen LogP contribution in [-0.4, -0.2) is 118 Å². The van der Waals surface area contributed by atoms with Crippen molar-refractivity contribution in [2.24, 2.45) is 0 Å². The fourth-order valence-electron chi connectivity index (χ4n) is 9.97. The Morgan fingerprint density at radius 2 is 0.709 bits per heavy atom. The molecule has 0 saturated carbocycles. The highest BCUT2D eigenvalue weighted by Crippen LogP contribution is 2.28. The summed E-state index contributed by atoms with van der Waals surface area (Å²) in [5.74, 6) is 1.66. The van der Waals surface area contributed by atoms with E-state index >= 15 is 0 Å². The third-order valence-electron chi connectivity index (χ3n) is 15.5. The van der Waals surface area contributed by atoms with Crippen LogP contribution in [0.15, 0.2) is 255 Å². The number of hydrogen-bond donors (Lipinski definition) is 7. The van der Waals surface area contributed by atoms with Crippen molar-refractivity contribution in [1.29, 1.82) is 0 Å². The van der Waals surface area contributed by atoms with E-state index in [4.69, 9.17) is 28.4 Å². The number of benzene rings is 8. The molecule has 0 aliphatic heterocycles. The van der Waals surface area contributed by atoms with Crippen LogP contribution < -0.4 is 46.1 Å². The monoisotopic (exact) mass is 1480 g/mol. The second kappa shape index (κ2) is 42.5. The van der Waals surface area contributed by atoms with Crippen LogP contribution in [0.25, 0.3) is 18.2 Å². The number of nitrogens with zero attached hydrogens (tertiary/aromatic N) is 7. The van der Waals surface area contributed by atoms with Gasteiger partial charge in [0.1, 0.15) is 42.9 Å². The molecule has 0 atom stereocenters. The van der Waals surface area contributed by atoms with E-state index in [-0.39, 0.29) is 71.9 Å². The van der Waals surface area contributed by atoms with Crippen LogP contribution in [-0.2, 0) is 47.9 Å². The molecule has 110 heavy (non-hydrogen) atoms. The predicted molar refractivity (Wildman–Crippen MR) is 421 cm³/mol. The Morgan fingerprint density at radius 3 is 1.07 bits per heavy atom. The fourth-order valence-corrected chi connectivity index (χ4v) is 9.97. The zero-order chi connectivity index (χ0) is 76.9. The minimum absolute atomic E-state index is 0.00306. The van der Waals surface area contributed by atoms with Crippen LogP contribution in [0.2, 0.25) is 0 Å². The molecular weight excluding hydrogens is 1410 g/mol. The first-order chi connectivity index (χ1) is 53.8. The van der Waals surface area contributed by atoms with Crippen molar-refractivity contribution in [2.45, 2.75) is 19.3 Å². The Morgan fingerprint density at radius 1 is 0.364 bits per heavy atom. The number of imidazole rings is 1. The number of halogens is 3. The molecule has 4 heterocycles. The smallest absolute Gasteiger partial charge is 0.229 e. The van der Waals surface area contributed by atoms with E-state index in [1.54, 1.807) is 131 Å². The van der Waals surface area contributed by atoms with Crippen LogP contribution >= 0.6 is 0 Å². The molecule has 0 spiro atoms. The molecule has 0 fully saturated rings. The number of allylic oxidation sites excluding steroid dienone is 3. The number of carbonyl (C=O) groups is 3. The van der Waals surface area contributed by atoms with E-state index in [0.717, 1.165) is 63.5 Å². The molecule has 8 aromatic carbocycles. The SMILES string of the molecule is COCCOc1ccc(Nc2ncc(F)c(Nc3ccc(CC(=O)/C=C/c4ccccc4)cc3)n2)cc1.COCCOc1ccc(Nc2ncc(F)c(Nc3ccc(CC(=O)/C=C/c4ncc[nH]4)cc3)n2)cc1.COCCOc1ccc(Nc2ncc(F)c(Nc3cccc(CC(=O)/C=C/c4ccccc4)c3)n2)cc1. The summed E-state index contributed by atoms with van der Waals surface area (Å²) in [6.07, 6.45) is 17.2. The molecule has 4 aromatic heterocycles. The second-order valence-electron chi connectivity index (χ2n) is 23.8. The number of rotatable bonds is 36. The quantitative estimate of drug-likeness (QED) is 0.0142. The maximum Gasteiger partial charge on any atom is 0.229 e. The maximum absolute atomic E-state index is 14.5. The van der Waals surface area contributed by atoms with Crippen LogP contribution in [0.1, 0.15) is 33.6 Å². The molecule has 0 aliphatic rings. The summed E-state index contributed by atoms with van der Waals surface area (Å²) in [5, 5.41) is 18.1. The molecule has 0 unspecified atom stereocenters. The van der Waals surface area contributed by atoms with Crippen molar-refractivity contribution in [3.63, 3.8) is 0 Å². The van der Waals surface area contributed by atoms with Gasteiger partial charge in [-0.15, -0.1) is 0 Å². The zero-order valence-corrected chi connectivity index (χ0v) is 60.3. The fraction of sp³-hybridized carbons (Fsp3) is 0.143. The van der Waals surface area contributed by atoms with Gasteiger partial charge in [0.2, 0.25) is 17.8 Å². The molecule has 0 saturated heterocycles. The number of hydrogen-bond acceptors (Lipinski definition) is 22. The van der Waals surface area contributed by atoms with Gasteiger partial charge >= 0.3 is 0 Å². The summed E-state index contributed by atoms with van der Waals surface area (Å²) in [7, 11) is 4.85. The highest BCUT2D eigenvalue weighted by atomic mass is 19.1. The van der Waals surface area contributed by atoms with Gasteiger partial charge in [0.05, 0.1) is 38.4 Å². The Balaban J connectivity index is 0.000000176. The molecule has 12 rings (SSSR count). The molecule has 560 valence electrons. The van der Waals surface area contributed by atoms with Crippen molar-refractivity contribution >= 4 is 105 Å². The molecule has 0 bridgehead atoms. The van der Waals surface area contributed by atoms with Gasteiger partial charge in [0.25, 0.3) is 0 Å². The Hall–Kier alpha value is -13.7. The lowest BCUT2D eigenvalue weighted by Gasteiger charge is -2.11. The molecule has 26 heteroatoms. The number of ketones is 3. The lowest BCUT2D eigenvalue weighted by Crippen LogP contribution is -2.05. The summed E-state index contributed by atoms with van der Waals surface area (Å²) in [4.78, 5) is 68.6. The van der Waals surface area contributed by atoms with Crippen LogP contribution in [0.3, 0.4) is 0 Å². The summed E-state index contributed by atoms with van der Waals surface area (Å²) in [5.41, 5.74) is 8.46. The number of aromatic amines is 1. The van der Waals surface area contributed by atoms with E-state index in [1.165, 1.54) is 6.08 Å². The summed E-state index contributed by atoms with van der Waals surface area (Å²) < 4.78 is 74.7. The Kier molecular flexibility index (Phi) is 30.4.